The molecule has 0 bridgehead atoms. The summed E-state index contributed by atoms with van der Waals surface area (Å²) >= 11 is 6.04. The van der Waals surface area contributed by atoms with Crippen molar-refractivity contribution in [2.75, 3.05) is 26.2 Å². The number of halogens is 1. The number of rotatable bonds is 4. The summed E-state index contributed by atoms with van der Waals surface area (Å²) in [5, 5.41) is 1.17. The Labute approximate surface area is 163 Å². The highest BCUT2D eigenvalue weighted by Crippen LogP contribution is 2.16. The fourth-order valence-electron chi connectivity index (χ4n) is 3.58. The van der Waals surface area contributed by atoms with E-state index in [1.807, 2.05) is 0 Å². The van der Waals surface area contributed by atoms with Gasteiger partial charge in [0.15, 0.2) is 0 Å². The van der Waals surface area contributed by atoms with Gasteiger partial charge < -0.3 is 4.98 Å². The van der Waals surface area contributed by atoms with Crippen LogP contribution >= 0.6 is 11.6 Å². The quantitative estimate of drug-likeness (QED) is 0.752. The lowest BCUT2D eigenvalue weighted by Crippen LogP contribution is -2.45. The Morgan fingerprint density at radius 1 is 1.04 bits per heavy atom. The number of aromatic nitrogens is 2. The molecule has 0 saturated carbocycles. The Bertz CT molecular complexity index is 1010. The zero-order valence-corrected chi connectivity index (χ0v) is 16.2. The maximum Gasteiger partial charge on any atom is 0.258 e. The standard InChI is InChI=1S/C21H23ClN4O/c1-15-4-2-3-5-16(15)13-25-8-10-26(11-9-25)14-20-23-19-12-17(22)6-7-18(19)21(27)24-20/h2-7,12H,8-11,13-14H2,1H3,(H,23,24,27). The van der Waals surface area contributed by atoms with Crippen molar-refractivity contribution in [3.8, 4) is 0 Å². The Kier molecular flexibility index (Phi) is 5.25. The number of H-pyrrole nitrogens is 1. The van der Waals surface area contributed by atoms with Gasteiger partial charge in [-0.1, -0.05) is 35.9 Å². The Morgan fingerprint density at radius 2 is 1.74 bits per heavy atom. The first-order chi connectivity index (χ1) is 13.1. The van der Waals surface area contributed by atoms with Gasteiger partial charge in [-0.3, -0.25) is 14.6 Å². The summed E-state index contributed by atoms with van der Waals surface area (Å²) in [4.78, 5) is 24.6. The smallest absolute Gasteiger partial charge is 0.258 e. The van der Waals surface area contributed by atoms with Crippen LogP contribution in [0.2, 0.25) is 5.02 Å². The molecule has 1 aliphatic heterocycles. The molecule has 27 heavy (non-hydrogen) atoms. The summed E-state index contributed by atoms with van der Waals surface area (Å²) in [5.74, 6) is 0.696. The molecular weight excluding hydrogens is 360 g/mol. The molecule has 0 amide bonds. The van der Waals surface area contributed by atoms with Crippen LogP contribution in [0.4, 0.5) is 0 Å². The molecule has 2 heterocycles. The monoisotopic (exact) mass is 382 g/mol. The van der Waals surface area contributed by atoms with E-state index in [4.69, 9.17) is 11.6 Å². The molecule has 1 saturated heterocycles. The van der Waals surface area contributed by atoms with E-state index in [1.54, 1.807) is 18.2 Å². The van der Waals surface area contributed by atoms with E-state index >= 15 is 0 Å². The molecule has 0 radical (unpaired) electrons. The Balaban J connectivity index is 1.40. The van der Waals surface area contributed by atoms with E-state index in [9.17, 15) is 4.79 Å². The minimum absolute atomic E-state index is 0.107. The second kappa shape index (κ2) is 7.80. The maximum atomic E-state index is 12.3. The van der Waals surface area contributed by atoms with Crippen molar-refractivity contribution in [3.05, 3.63) is 74.8 Å². The van der Waals surface area contributed by atoms with Crippen LogP contribution in [-0.4, -0.2) is 45.9 Å². The number of hydrogen-bond donors (Lipinski definition) is 1. The number of nitrogens with one attached hydrogen (secondary N) is 1. The predicted octanol–water partition coefficient (Wildman–Crippen LogP) is 3.20. The molecule has 0 atom stereocenters. The molecule has 1 aliphatic rings. The summed E-state index contributed by atoms with van der Waals surface area (Å²) in [6.07, 6.45) is 0. The van der Waals surface area contributed by atoms with Gasteiger partial charge in [-0.15, -0.1) is 0 Å². The van der Waals surface area contributed by atoms with E-state index in [1.165, 1.54) is 11.1 Å². The van der Waals surface area contributed by atoms with Gasteiger partial charge in [0.2, 0.25) is 0 Å². The third-order valence-electron chi connectivity index (χ3n) is 5.21. The fraction of sp³-hybridized carbons (Fsp3) is 0.333. The summed E-state index contributed by atoms with van der Waals surface area (Å²) in [6.45, 7) is 7.75. The summed E-state index contributed by atoms with van der Waals surface area (Å²) in [7, 11) is 0. The van der Waals surface area contributed by atoms with Crippen LogP contribution in [0.3, 0.4) is 0 Å². The molecule has 3 aromatic rings. The van der Waals surface area contributed by atoms with Crippen molar-refractivity contribution in [2.45, 2.75) is 20.0 Å². The highest BCUT2D eigenvalue weighted by molar-refractivity contribution is 6.31. The van der Waals surface area contributed by atoms with Crippen molar-refractivity contribution >= 4 is 22.5 Å². The molecule has 4 rings (SSSR count). The van der Waals surface area contributed by atoms with Gasteiger partial charge in [0.05, 0.1) is 17.4 Å². The van der Waals surface area contributed by atoms with Crippen LogP contribution in [-0.2, 0) is 13.1 Å². The van der Waals surface area contributed by atoms with E-state index in [2.05, 4.69) is 51.0 Å². The molecule has 1 aromatic heterocycles. The topological polar surface area (TPSA) is 52.2 Å². The SMILES string of the molecule is Cc1ccccc1CN1CCN(Cc2nc3cc(Cl)ccc3c(=O)[nH]2)CC1. The zero-order chi connectivity index (χ0) is 18.8. The van der Waals surface area contributed by atoms with Crippen molar-refractivity contribution < 1.29 is 0 Å². The normalized spacial score (nSPS) is 16.1. The number of aryl methyl sites for hydroxylation is 1. The van der Waals surface area contributed by atoms with Crippen LogP contribution in [0.15, 0.2) is 47.3 Å². The molecule has 0 spiro atoms. The molecule has 6 heteroatoms. The molecule has 0 aliphatic carbocycles. The third-order valence-corrected chi connectivity index (χ3v) is 5.45. The molecule has 1 N–H and O–H groups in total. The van der Waals surface area contributed by atoms with Gasteiger partial charge in [0, 0.05) is 37.7 Å². The molecule has 5 nitrogen and oxygen atoms in total. The predicted molar refractivity (Wildman–Crippen MR) is 109 cm³/mol. The lowest BCUT2D eigenvalue weighted by molar-refractivity contribution is 0.120. The lowest BCUT2D eigenvalue weighted by Gasteiger charge is -2.34. The van der Waals surface area contributed by atoms with Gasteiger partial charge in [-0.05, 0) is 36.2 Å². The second-order valence-corrected chi connectivity index (χ2v) is 7.59. The minimum atomic E-state index is -0.107. The van der Waals surface area contributed by atoms with Gasteiger partial charge in [-0.2, -0.15) is 0 Å². The number of hydrogen-bond acceptors (Lipinski definition) is 4. The van der Waals surface area contributed by atoms with Crippen molar-refractivity contribution in [1.82, 2.24) is 19.8 Å². The largest absolute Gasteiger partial charge is 0.309 e. The fourth-order valence-corrected chi connectivity index (χ4v) is 3.75. The van der Waals surface area contributed by atoms with Gasteiger partial charge in [0.25, 0.3) is 5.56 Å². The first-order valence-electron chi connectivity index (χ1n) is 9.26. The molecular formula is C21H23ClN4O. The first-order valence-corrected chi connectivity index (χ1v) is 9.64. The summed E-state index contributed by atoms with van der Waals surface area (Å²) in [6, 6.07) is 13.7. The average molecular weight is 383 g/mol. The zero-order valence-electron chi connectivity index (χ0n) is 15.4. The number of aromatic amines is 1. The molecule has 1 fully saturated rings. The van der Waals surface area contributed by atoms with Crippen molar-refractivity contribution in [2.24, 2.45) is 0 Å². The Hall–Kier alpha value is -2.21. The number of benzene rings is 2. The van der Waals surface area contributed by atoms with Gasteiger partial charge in [0.1, 0.15) is 5.82 Å². The van der Waals surface area contributed by atoms with Crippen LogP contribution in [0.1, 0.15) is 17.0 Å². The highest BCUT2D eigenvalue weighted by Gasteiger charge is 2.18. The number of nitrogens with zero attached hydrogens (tertiary/aromatic N) is 3. The first kappa shape index (κ1) is 18.2. The van der Waals surface area contributed by atoms with Crippen LogP contribution in [0.25, 0.3) is 10.9 Å². The second-order valence-electron chi connectivity index (χ2n) is 7.15. The highest BCUT2D eigenvalue weighted by atomic mass is 35.5. The summed E-state index contributed by atoms with van der Waals surface area (Å²) in [5.41, 5.74) is 3.28. The summed E-state index contributed by atoms with van der Waals surface area (Å²) < 4.78 is 0. The van der Waals surface area contributed by atoms with Crippen LogP contribution in [0.5, 0.6) is 0 Å². The molecule has 2 aromatic carbocycles. The van der Waals surface area contributed by atoms with Gasteiger partial charge >= 0.3 is 0 Å². The molecule has 140 valence electrons. The van der Waals surface area contributed by atoms with E-state index < -0.39 is 0 Å². The van der Waals surface area contributed by atoms with Crippen molar-refractivity contribution in [1.29, 1.82) is 0 Å². The molecule has 0 unspecified atom stereocenters. The maximum absolute atomic E-state index is 12.3. The van der Waals surface area contributed by atoms with Crippen molar-refractivity contribution in [3.63, 3.8) is 0 Å². The average Bonchev–Trinajstić information content (AvgIpc) is 2.65. The van der Waals surface area contributed by atoms with E-state index in [0.717, 1.165) is 32.7 Å². The Morgan fingerprint density at radius 3 is 2.48 bits per heavy atom. The van der Waals surface area contributed by atoms with Crippen LogP contribution < -0.4 is 5.56 Å². The lowest BCUT2D eigenvalue weighted by atomic mass is 10.1. The number of piperazine rings is 1. The third kappa shape index (κ3) is 4.21. The van der Waals surface area contributed by atoms with Gasteiger partial charge in [-0.25, -0.2) is 4.98 Å². The van der Waals surface area contributed by atoms with E-state index in [0.29, 0.717) is 28.3 Å². The minimum Gasteiger partial charge on any atom is -0.309 e. The number of fused-ring (bicyclic) bond motifs is 1. The van der Waals surface area contributed by atoms with Crippen LogP contribution in [0, 0.1) is 6.92 Å². The van der Waals surface area contributed by atoms with E-state index in [-0.39, 0.29) is 5.56 Å².